The van der Waals surface area contributed by atoms with E-state index in [0.29, 0.717) is 46.3 Å². The largest absolute Gasteiger partial charge is 0.393 e. The van der Waals surface area contributed by atoms with Crippen LogP contribution >= 0.6 is 0 Å². The zero-order valence-corrected chi connectivity index (χ0v) is 29.7. The van der Waals surface area contributed by atoms with E-state index in [-0.39, 0.29) is 6.04 Å². The van der Waals surface area contributed by atoms with Gasteiger partial charge in [-0.3, -0.25) is 0 Å². The van der Waals surface area contributed by atoms with E-state index in [1.807, 2.05) is 49.3 Å². The number of allylic oxidation sites excluding steroid dienone is 3. The lowest BCUT2D eigenvalue weighted by Gasteiger charge is -2.44. The molecule has 0 heterocycles. The fourth-order valence-corrected chi connectivity index (χ4v) is 10.7. The number of benzene rings is 2. The summed E-state index contributed by atoms with van der Waals surface area (Å²) >= 11 is 0. The normalized spacial score (nSPS) is 30.1. The number of nitrogens with zero attached hydrogens (tertiary/aromatic N) is 1. The highest BCUT2D eigenvalue weighted by molar-refractivity contribution is 7.89. The maximum Gasteiger partial charge on any atom is 0.241 e. The standard InChI is InChI=1S/C39H58N2O3S/c1-27(12-10-22-38(2,3)4)34-20-21-35-29(13-11-23-39(34,35)5)19-18-28-24-30(26-31(42)25-28)40-45(43,44)37-17-9-14-32-33(37)15-8-16-36(32)41(6)7/h8-9,14-19,27,30-31,34-35,40,42H,10-13,20-26H2,1-7H3/b28-18+,29-19+/t27-,30-,31-,34-,35+,39-/m1/s1. The molecule has 0 unspecified atom stereocenters. The van der Waals surface area contributed by atoms with Crippen LogP contribution in [0, 0.1) is 28.6 Å². The van der Waals surface area contributed by atoms with E-state index in [9.17, 15) is 13.5 Å². The van der Waals surface area contributed by atoms with Gasteiger partial charge >= 0.3 is 0 Å². The van der Waals surface area contributed by atoms with Gasteiger partial charge in [0.1, 0.15) is 0 Å². The summed E-state index contributed by atoms with van der Waals surface area (Å²) in [6.07, 6.45) is 16.0. The van der Waals surface area contributed by atoms with Crippen LogP contribution in [0.1, 0.15) is 105 Å². The molecule has 248 valence electrons. The summed E-state index contributed by atoms with van der Waals surface area (Å²) in [7, 11) is 0.152. The minimum atomic E-state index is -3.78. The molecule has 3 fully saturated rings. The van der Waals surface area contributed by atoms with E-state index in [1.54, 1.807) is 11.6 Å². The highest BCUT2D eigenvalue weighted by atomic mass is 32.2. The third-order valence-electron chi connectivity index (χ3n) is 11.4. The Morgan fingerprint density at radius 2 is 1.80 bits per heavy atom. The van der Waals surface area contributed by atoms with Gasteiger partial charge in [0.2, 0.25) is 10.0 Å². The second kappa shape index (κ2) is 13.5. The molecule has 45 heavy (non-hydrogen) atoms. The summed E-state index contributed by atoms with van der Waals surface area (Å²) in [6.45, 7) is 12.1. The Labute approximate surface area is 273 Å². The van der Waals surface area contributed by atoms with Gasteiger partial charge < -0.3 is 10.0 Å². The highest BCUT2D eigenvalue weighted by Gasteiger charge is 2.50. The topological polar surface area (TPSA) is 69.6 Å². The molecule has 0 aromatic heterocycles. The molecule has 0 amide bonds. The number of hydrogen-bond donors (Lipinski definition) is 2. The first-order valence-electron chi connectivity index (χ1n) is 17.5. The number of sulfonamides is 1. The number of nitrogens with one attached hydrogen (secondary N) is 1. The molecular formula is C39H58N2O3S. The van der Waals surface area contributed by atoms with Crippen LogP contribution in [0.4, 0.5) is 5.69 Å². The van der Waals surface area contributed by atoms with E-state index >= 15 is 0 Å². The summed E-state index contributed by atoms with van der Waals surface area (Å²) in [5.41, 5.74) is 4.48. The summed E-state index contributed by atoms with van der Waals surface area (Å²) in [5.74, 6) is 2.19. The Bertz CT molecular complexity index is 1520. The number of aliphatic hydroxyl groups is 1. The number of hydrogen-bond acceptors (Lipinski definition) is 4. The van der Waals surface area contributed by atoms with Gasteiger partial charge in [-0.1, -0.05) is 95.0 Å². The number of anilines is 1. The van der Waals surface area contributed by atoms with Crippen molar-refractivity contribution < 1.29 is 13.5 Å². The van der Waals surface area contributed by atoms with Gasteiger partial charge in [-0.05, 0) is 98.5 Å². The Balaban J connectivity index is 1.29. The first kappa shape index (κ1) is 34.2. The third-order valence-corrected chi connectivity index (χ3v) is 12.9. The lowest BCUT2D eigenvalue weighted by molar-refractivity contribution is 0.0920. The van der Waals surface area contributed by atoms with Gasteiger partial charge in [0, 0.05) is 36.6 Å². The monoisotopic (exact) mass is 634 g/mol. The molecule has 0 radical (unpaired) electrons. The Morgan fingerprint density at radius 1 is 1.07 bits per heavy atom. The van der Waals surface area contributed by atoms with Crippen molar-refractivity contribution in [3.63, 3.8) is 0 Å². The summed E-state index contributed by atoms with van der Waals surface area (Å²) in [5, 5.41) is 12.5. The number of fused-ring (bicyclic) bond motifs is 2. The minimum absolute atomic E-state index is 0.293. The van der Waals surface area contributed by atoms with Crippen LogP contribution in [0.25, 0.3) is 10.8 Å². The first-order chi connectivity index (χ1) is 21.2. The van der Waals surface area contributed by atoms with E-state index in [2.05, 4.69) is 51.5 Å². The summed E-state index contributed by atoms with van der Waals surface area (Å²) < 4.78 is 30.4. The van der Waals surface area contributed by atoms with Crippen molar-refractivity contribution in [3.05, 3.63) is 59.7 Å². The first-order valence-corrected chi connectivity index (χ1v) is 18.9. The van der Waals surface area contributed by atoms with Crippen molar-refractivity contribution in [2.75, 3.05) is 19.0 Å². The van der Waals surface area contributed by atoms with E-state index in [0.717, 1.165) is 34.9 Å². The SMILES string of the molecule is C[C@H](CCCC(C)(C)C)[C@H]1CC[C@H]2/C(=C/C=C3/C[C@@H](O)C[C@H](NS(=O)(=O)c4cccc5c(N(C)C)cccc45)C3)CCC[C@]12C. The van der Waals surface area contributed by atoms with E-state index < -0.39 is 16.1 Å². The second-order valence-corrected chi connectivity index (χ2v) is 17.9. The lowest BCUT2D eigenvalue weighted by Crippen LogP contribution is -2.40. The Morgan fingerprint density at radius 3 is 2.53 bits per heavy atom. The lowest BCUT2D eigenvalue weighted by atomic mass is 9.60. The van der Waals surface area contributed by atoms with Crippen LogP contribution in [0.2, 0.25) is 0 Å². The van der Waals surface area contributed by atoms with Crippen LogP contribution in [-0.4, -0.2) is 39.8 Å². The maximum absolute atomic E-state index is 13.7. The molecule has 5 nitrogen and oxygen atoms in total. The van der Waals surface area contributed by atoms with Crippen LogP contribution in [-0.2, 0) is 10.0 Å². The van der Waals surface area contributed by atoms with Crippen LogP contribution < -0.4 is 9.62 Å². The summed E-state index contributed by atoms with van der Waals surface area (Å²) in [4.78, 5) is 2.30. The van der Waals surface area contributed by atoms with Crippen molar-refractivity contribution in [1.29, 1.82) is 0 Å². The molecular weight excluding hydrogens is 577 g/mol. The smallest absolute Gasteiger partial charge is 0.241 e. The minimum Gasteiger partial charge on any atom is -0.393 e. The van der Waals surface area contributed by atoms with Gasteiger partial charge in [0.15, 0.2) is 0 Å². The zero-order chi connectivity index (χ0) is 32.6. The highest BCUT2D eigenvalue weighted by Crippen LogP contribution is 2.60. The number of aliphatic hydroxyl groups excluding tert-OH is 1. The molecule has 5 rings (SSSR count). The average molecular weight is 635 g/mol. The van der Waals surface area contributed by atoms with Gasteiger partial charge in [-0.2, -0.15) is 0 Å². The molecule has 6 atom stereocenters. The van der Waals surface area contributed by atoms with E-state index in [1.165, 1.54) is 44.9 Å². The predicted octanol–water partition coefficient (Wildman–Crippen LogP) is 9.02. The van der Waals surface area contributed by atoms with Gasteiger partial charge in [0.05, 0.1) is 11.0 Å². The molecule has 0 spiro atoms. The van der Waals surface area contributed by atoms with Gasteiger partial charge in [-0.25, -0.2) is 13.1 Å². The fraction of sp³-hybridized carbons (Fsp3) is 0.641. The molecule has 3 saturated carbocycles. The third kappa shape index (κ3) is 7.71. The Hall–Kier alpha value is -2.15. The van der Waals surface area contributed by atoms with E-state index in [4.69, 9.17) is 0 Å². The zero-order valence-electron chi connectivity index (χ0n) is 28.9. The quantitative estimate of drug-likeness (QED) is 0.289. The number of rotatable bonds is 9. The molecule has 0 bridgehead atoms. The van der Waals surface area contributed by atoms with Crippen molar-refractivity contribution in [1.82, 2.24) is 4.72 Å². The van der Waals surface area contributed by atoms with Crippen LogP contribution in [0.3, 0.4) is 0 Å². The van der Waals surface area contributed by atoms with Crippen molar-refractivity contribution in [2.24, 2.45) is 28.6 Å². The van der Waals surface area contributed by atoms with Crippen molar-refractivity contribution in [2.45, 2.75) is 122 Å². The molecule has 3 aliphatic carbocycles. The molecule has 0 saturated heterocycles. The molecule has 2 aromatic rings. The molecule has 2 aromatic carbocycles. The molecule has 6 heteroatoms. The predicted molar refractivity (Wildman–Crippen MR) is 189 cm³/mol. The van der Waals surface area contributed by atoms with Crippen LogP contribution in [0.5, 0.6) is 0 Å². The van der Waals surface area contributed by atoms with Crippen LogP contribution in [0.15, 0.2) is 64.6 Å². The summed E-state index contributed by atoms with van der Waals surface area (Å²) in [6, 6.07) is 10.9. The Kier molecular flexibility index (Phi) is 10.3. The van der Waals surface area contributed by atoms with Gasteiger partial charge in [-0.15, -0.1) is 0 Å². The average Bonchev–Trinajstić information content (AvgIpc) is 3.31. The van der Waals surface area contributed by atoms with Gasteiger partial charge in [0.25, 0.3) is 0 Å². The molecule has 0 aliphatic heterocycles. The molecule has 2 N–H and O–H groups in total. The molecule has 3 aliphatic rings. The second-order valence-electron chi connectivity index (χ2n) is 16.2. The van der Waals surface area contributed by atoms with Crippen molar-refractivity contribution >= 4 is 26.5 Å². The maximum atomic E-state index is 13.7. The van der Waals surface area contributed by atoms with Crippen molar-refractivity contribution in [3.8, 4) is 0 Å². The fourth-order valence-electron chi connectivity index (χ4n) is 9.19.